The van der Waals surface area contributed by atoms with Gasteiger partial charge in [-0.05, 0) is 18.4 Å². The molecule has 1 aromatic rings. The van der Waals surface area contributed by atoms with Gasteiger partial charge in [-0.15, -0.1) is 0 Å². The minimum atomic E-state index is 0.0516. The number of hydrogen-bond donors (Lipinski definition) is 1. The molecule has 0 aliphatic carbocycles. The SMILES string of the molecule is CCCC/C=C(/C(=O)NCCCC)c1ccccc1. The third-order valence-electron chi connectivity index (χ3n) is 3.05. The number of carbonyl (C=O) groups excluding carboxylic acids is 1. The summed E-state index contributed by atoms with van der Waals surface area (Å²) < 4.78 is 0. The van der Waals surface area contributed by atoms with E-state index in [0.29, 0.717) is 0 Å². The number of amides is 1. The maximum Gasteiger partial charge on any atom is 0.251 e. The molecule has 0 atom stereocenters. The van der Waals surface area contributed by atoms with Gasteiger partial charge in [-0.25, -0.2) is 0 Å². The van der Waals surface area contributed by atoms with Crippen molar-refractivity contribution in [1.29, 1.82) is 0 Å². The molecule has 1 rings (SSSR count). The summed E-state index contributed by atoms with van der Waals surface area (Å²) in [4.78, 5) is 12.2. The molecular formula is C17H25NO. The number of nitrogens with one attached hydrogen (secondary N) is 1. The van der Waals surface area contributed by atoms with Gasteiger partial charge in [-0.1, -0.05) is 69.5 Å². The third kappa shape index (κ3) is 5.73. The quantitative estimate of drug-likeness (QED) is 0.551. The van der Waals surface area contributed by atoms with Crippen molar-refractivity contribution in [3.8, 4) is 0 Å². The molecule has 0 bridgehead atoms. The van der Waals surface area contributed by atoms with Gasteiger partial charge in [-0.3, -0.25) is 4.79 Å². The average Bonchev–Trinajstić information content (AvgIpc) is 2.45. The van der Waals surface area contributed by atoms with Crippen LogP contribution in [0.3, 0.4) is 0 Å². The van der Waals surface area contributed by atoms with Crippen LogP contribution >= 0.6 is 0 Å². The number of carbonyl (C=O) groups is 1. The Morgan fingerprint density at radius 2 is 1.79 bits per heavy atom. The maximum absolute atomic E-state index is 12.2. The third-order valence-corrected chi connectivity index (χ3v) is 3.05. The summed E-state index contributed by atoms with van der Waals surface area (Å²) in [5.41, 5.74) is 1.82. The van der Waals surface area contributed by atoms with E-state index in [1.54, 1.807) is 0 Å². The van der Waals surface area contributed by atoms with Gasteiger partial charge in [0.1, 0.15) is 0 Å². The number of benzene rings is 1. The Bertz CT molecular complexity index is 395. The molecule has 0 aliphatic rings. The summed E-state index contributed by atoms with van der Waals surface area (Å²) in [5.74, 6) is 0.0516. The standard InChI is InChI=1S/C17H25NO/c1-3-5-8-13-16(15-11-9-7-10-12-15)17(19)18-14-6-4-2/h7,9-13H,3-6,8,14H2,1-2H3,(H,18,19)/b16-13+. The van der Waals surface area contributed by atoms with Crippen LogP contribution < -0.4 is 5.32 Å². The Morgan fingerprint density at radius 1 is 1.11 bits per heavy atom. The summed E-state index contributed by atoms with van der Waals surface area (Å²) in [7, 11) is 0. The Hall–Kier alpha value is -1.57. The first-order chi connectivity index (χ1) is 9.29. The van der Waals surface area contributed by atoms with E-state index in [9.17, 15) is 4.79 Å². The van der Waals surface area contributed by atoms with Crippen LogP contribution in [0, 0.1) is 0 Å². The molecule has 19 heavy (non-hydrogen) atoms. The Labute approximate surface area is 116 Å². The van der Waals surface area contributed by atoms with E-state index >= 15 is 0 Å². The summed E-state index contributed by atoms with van der Waals surface area (Å²) in [6, 6.07) is 9.92. The molecule has 0 unspecified atom stereocenters. The van der Waals surface area contributed by atoms with Crippen LogP contribution in [0.2, 0.25) is 0 Å². The first-order valence-corrected chi connectivity index (χ1v) is 7.33. The number of hydrogen-bond acceptors (Lipinski definition) is 1. The van der Waals surface area contributed by atoms with Gasteiger partial charge in [0.15, 0.2) is 0 Å². The molecule has 0 heterocycles. The van der Waals surface area contributed by atoms with Crippen LogP contribution in [-0.4, -0.2) is 12.5 Å². The normalized spacial score (nSPS) is 11.4. The van der Waals surface area contributed by atoms with Crippen molar-refractivity contribution in [2.45, 2.75) is 46.0 Å². The van der Waals surface area contributed by atoms with E-state index < -0.39 is 0 Å². The predicted molar refractivity (Wildman–Crippen MR) is 81.9 cm³/mol. The molecular weight excluding hydrogens is 234 g/mol. The lowest BCUT2D eigenvalue weighted by Gasteiger charge is -2.09. The van der Waals surface area contributed by atoms with Crippen LogP contribution in [0.25, 0.3) is 5.57 Å². The lowest BCUT2D eigenvalue weighted by atomic mass is 10.0. The first-order valence-electron chi connectivity index (χ1n) is 7.33. The zero-order valence-corrected chi connectivity index (χ0v) is 12.1. The van der Waals surface area contributed by atoms with Gasteiger partial charge in [0, 0.05) is 12.1 Å². The molecule has 2 heteroatoms. The molecule has 0 fully saturated rings. The van der Waals surface area contributed by atoms with Crippen LogP contribution in [0.1, 0.15) is 51.5 Å². The number of unbranched alkanes of at least 4 members (excludes halogenated alkanes) is 3. The molecule has 0 saturated carbocycles. The van der Waals surface area contributed by atoms with Gasteiger partial charge >= 0.3 is 0 Å². The van der Waals surface area contributed by atoms with Crippen molar-refractivity contribution in [3.05, 3.63) is 42.0 Å². The van der Waals surface area contributed by atoms with E-state index in [2.05, 4.69) is 25.2 Å². The van der Waals surface area contributed by atoms with Gasteiger partial charge in [0.25, 0.3) is 5.91 Å². The van der Waals surface area contributed by atoms with E-state index in [-0.39, 0.29) is 5.91 Å². The number of rotatable bonds is 8. The molecule has 0 spiro atoms. The van der Waals surface area contributed by atoms with Crippen molar-refractivity contribution in [1.82, 2.24) is 5.32 Å². The lowest BCUT2D eigenvalue weighted by Crippen LogP contribution is -2.25. The molecule has 0 aromatic heterocycles. The zero-order valence-electron chi connectivity index (χ0n) is 12.1. The second-order valence-corrected chi connectivity index (χ2v) is 4.74. The smallest absolute Gasteiger partial charge is 0.251 e. The Morgan fingerprint density at radius 3 is 2.42 bits per heavy atom. The summed E-state index contributed by atoms with van der Waals surface area (Å²) in [6.07, 6.45) is 7.43. The minimum Gasteiger partial charge on any atom is -0.352 e. The molecule has 0 aliphatic heterocycles. The minimum absolute atomic E-state index is 0.0516. The molecule has 1 N–H and O–H groups in total. The van der Waals surface area contributed by atoms with Gasteiger partial charge in [0.05, 0.1) is 0 Å². The maximum atomic E-state index is 12.2. The Kier molecular flexibility index (Phi) is 7.64. The first kappa shape index (κ1) is 15.5. The molecule has 0 saturated heterocycles. The molecule has 1 amide bonds. The fourth-order valence-electron chi connectivity index (χ4n) is 1.88. The molecule has 104 valence electrons. The van der Waals surface area contributed by atoms with Crippen LogP contribution in [0.15, 0.2) is 36.4 Å². The second kappa shape index (κ2) is 9.37. The van der Waals surface area contributed by atoms with Crippen molar-refractivity contribution < 1.29 is 4.79 Å². The lowest BCUT2D eigenvalue weighted by molar-refractivity contribution is -0.115. The van der Waals surface area contributed by atoms with Gasteiger partial charge in [0.2, 0.25) is 0 Å². The van der Waals surface area contributed by atoms with Crippen molar-refractivity contribution in [2.75, 3.05) is 6.54 Å². The molecule has 0 radical (unpaired) electrons. The monoisotopic (exact) mass is 259 g/mol. The predicted octanol–water partition coefficient (Wildman–Crippen LogP) is 4.18. The van der Waals surface area contributed by atoms with Crippen molar-refractivity contribution >= 4 is 11.5 Å². The highest BCUT2D eigenvalue weighted by molar-refractivity contribution is 6.19. The van der Waals surface area contributed by atoms with Crippen molar-refractivity contribution in [3.63, 3.8) is 0 Å². The van der Waals surface area contributed by atoms with Gasteiger partial charge < -0.3 is 5.32 Å². The highest BCUT2D eigenvalue weighted by Crippen LogP contribution is 2.16. The summed E-state index contributed by atoms with van der Waals surface area (Å²) in [6.45, 7) is 5.05. The summed E-state index contributed by atoms with van der Waals surface area (Å²) >= 11 is 0. The van der Waals surface area contributed by atoms with E-state index in [1.807, 2.05) is 30.3 Å². The largest absolute Gasteiger partial charge is 0.352 e. The van der Waals surface area contributed by atoms with E-state index in [1.165, 1.54) is 0 Å². The number of allylic oxidation sites excluding steroid dienone is 1. The molecule has 2 nitrogen and oxygen atoms in total. The van der Waals surface area contributed by atoms with Gasteiger partial charge in [-0.2, -0.15) is 0 Å². The molecule has 1 aromatic carbocycles. The van der Waals surface area contributed by atoms with Crippen molar-refractivity contribution in [2.24, 2.45) is 0 Å². The Balaban J connectivity index is 2.75. The summed E-state index contributed by atoms with van der Waals surface area (Å²) in [5, 5.41) is 3.00. The average molecular weight is 259 g/mol. The topological polar surface area (TPSA) is 29.1 Å². The zero-order chi connectivity index (χ0) is 13.9. The van der Waals surface area contributed by atoms with E-state index in [0.717, 1.165) is 49.8 Å². The van der Waals surface area contributed by atoms with Crippen LogP contribution in [0.5, 0.6) is 0 Å². The van der Waals surface area contributed by atoms with E-state index in [4.69, 9.17) is 0 Å². The van der Waals surface area contributed by atoms with Crippen LogP contribution in [-0.2, 0) is 4.79 Å². The fraction of sp³-hybridized carbons (Fsp3) is 0.471. The highest BCUT2D eigenvalue weighted by atomic mass is 16.1. The van der Waals surface area contributed by atoms with Crippen LogP contribution in [0.4, 0.5) is 0 Å². The fourth-order valence-corrected chi connectivity index (χ4v) is 1.88. The second-order valence-electron chi connectivity index (χ2n) is 4.74. The highest BCUT2D eigenvalue weighted by Gasteiger charge is 2.10.